The summed E-state index contributed by atoms with van der Waals surface area (Å²) in [6.45, 7) is 0. The molecule has 138 valence electrons. The Morgan fingerprint density at radius 3 is 2.00 bits per heavy atom. The minimum absolute atomic E-state index is 0.355. The second-order valence-corrected chi connectivity index (χ2v) is 5.03. The number of hydrogen-bond donors (Lipinski definition) is 1. The van der Waals surface area contributed by atoms with E-state index < -0.39 is 29.0 Å². The van der Waals surface area contributed by atoms with Gasteiger partial charge in [0.05, 0.1) is 27.0 Å². The van der Waals surface area contributed by atoms with Crippen molar-refractivity contribution in [2.75, 3.05) is 26.6 Å². The molecule has 26 heavy (non-hydrogen) atoms. The van der Waals surface area contributed by atoms with E-state index in [1.165, 1.54) is 27.4 Å². The highest BCUT2D eigenvalue weighted by Crippen LogP contribution is 2.38. The maximum absolute atomic E-state index is 13.5. The summed E-state index contributed by atoms with van der Waals surface area (Å²) in [5, 5.41) is 2.13. The van der Waals surface area contributed by atoms with Gasteiger partial charge in [0, 0.05) is 18.2 Å². The van der Waals surface area contributed by atoms with E-state index in [1.54, 1.807) is 12.1 Å². The lowest BCUT2D eigenvalue weighted by Gasteiger charge is -2.12. The van der Waals surface area contributed by atoms with Gasteiger partial charge in [-0.25, -0.2) is 13.2 Å². The summed E-state index contributed by atoms with van der Waals surface area (Å²) in [6, 6.07) is 4.12. The van der Waals surface area contributed by atoms with Crippen LogP contribution < -0.4 is 19.5 Å². The molecule has 1 N–H and O–H groups in total. The molecule has 0 spiro atoms. The molecular formula is C18H16F3NO4. The summed E-state index contributed by atoms with van der Waals surface area (Å²) in [5.41, 5.74) is 0.0730. The standard InChI is InChI=1S/C18H16F3NO4/c1-24-15-6-10(7-16(25-2)18(15)26-3)4-5-17(23)22-14-9-12(20)11(19)8-13(14)21/h4-9H,1-3H3,(H,22,23). The number of rotatable bonds is 6. The minimum Gasteiger partial charge on any atom is -0.493 e. The van der Waals surface area contributed by atoms with Crippen molar-refractivity contribution in [1.29, 1.82) is 0 Å². The van der Waals surface area contributed by atoms with Crippen LogP contribution in [0.3, 0.4) is 0 Å². The smallest absolute Gasteiger partial charge is 0.248 e. The number of anilines is 1. The fourth-order valence-electron chi connectivity index (χ4n) is 2.16. The van der Waals surface area contributed by atoms with Gasteiger partial charge in [0.15, 0.2) is 23.1 Å². The van der Waals surface area contributed by atoms with Gasteiger partial charge in [-0.1, -0.05) is 0 Å². The topological polar surface area (TPSA) is 56.8 Å². The molecule has 0 aliphatic carbocycles. The molecule has 2 aromatic rings. The largest absolute Gasteiger partial charge is 0.493 e. The van der Waals surface area contributed by atoms with Crippen LogP contribution in [0, 0.1) is 17.5 Å². The molecule has 2 rings (SSSR count). The lowest BCUT2D eigenvalue weighted by molar-refractivity contribution is -0.111. The van der Waals surface area contributed by atoms with Crippen molar-refractivity contribution in [3.8, 4) is 17.2 Å². The molecule has 0 unspecified atom stereocenters. The SMILES string of the molecule is COc1cc(C=CC(=O)Nc2cc(F)c(F)cc2F)cc(OC)c1OC. The fourth-order valence-corrected chi connectivity index (χ4v) is 2.16. The number of carbonyl (C=O) groups is 1. The van der Waals surface area contributed by atoms with Crippen molar-refractivity contribution in [2.24, 2.45) is 0 Å². The van der Waals surface area contributed by atoms with E-state index in [2.05, 4.69) is 5.32 Å². The Morgan fingerprint density at radius 1 is 0.885 bits per heavy atom. The highest BCUT2D eigenvalue weighted by atomic mass is 19.2. The van der Waals surface area contributed by atoms with Gasteiger partial charge in [-0.3, -0.25) is 4.79 Å². The van der Waals surface area contributed by atoms with Crippen LogP contribution in [0.5, 0.6) is 17.2 Å². The Bertz CT molecular complexity index is 828. The molecule has 0 bridgehead atoms. The lowest BCUT2D eigenvalue weighted by Crippen LogP contribution is -2.10. The summed E-state index contributed by atoms with van der Waals surface area (Å²) >= 11 is 0. The maximum atomic E-state index is 13.5. The van der Waals surface area contributed by atoms with E-state index in [9.17, 15) is 18.0 Å². The molecule has 0 heterocycles. The first kappa shape index (κ1) is 19.2. The van der Waals surface area contributed by atoms with Gasteiger partial charge in [-0.2, -0.15) is 0 Å². The van der Waals surface area contributed by atoms with Gasteiger partial charge < -0.3 is 19.5 Å². The summed E-state index contributed by atoms with van der Waals surface area (Å²) in [5.74, 6) is -3.26. The average molecular weight is 367 g/mol. The number of nitrogens with one attached hydrogen (secondary N) is 1. The Morgan fingerprint density at radius 2 is 1.46 bits per heavy atom. The predicted octanol–water partition coefficient (Wildman–Crippen LogP) is 3.78. The third-order valence-corrected chi connectivity index (χ3v) is 3.38. The van der Waals surface area contributed by atoms with E-state index in [-0.39, 0.29) is 0 Å². The molecule has 1 amide bonds. The van der Waals surface area contributed by atoms with Gasteiger partial charge in [0.25, 0.3) is 0 Å². The molecule has 2 aromatic carbocycles. The molecule has 0 aromatic heterocycles. The maximum Gasteiger partial charge on any atom is 0.248 e. The van der Waals surface area contributed by atoms with Gasteiger partial charge in [0.2, 0.25) is 11.7 Å². The third kappa shape index (κ3) is 4.27. The molecule has 0 atom stereocenters. The number of benzene rings is 2. The van der Waals surface area contributed by atoms with Crippen molar-refractivity contribution in [1.82, 2.24) is 0 Å². The first-order valence-corrected chi connectivity index (χ1v) is 7.33. The second-order valence-electron chi connectivity index (χ2n) is 5.03. The zero-order valence-corrected chi connectivity index (χ0v) is 14.2. The number of methoxy groups -OCH3 is 3. The van der Waals surface area contributed by atoms with Crippen molar-refractivity contribution in [3.05, 3.63) is 53.4 Å². The number of halogens is 3. The van der Waals surface area contributed by atoms with Crippen LogP contribution in [0.1, 0.15) is 5.56 Å². The molecule has 0 saturated heterocycles. The number of ether oxygens (including phenoxy) is 3. The van der Waals surface area contributed by atoms with Crippen molar-refractivity contribution < 1.29 is 32.2 Å². The molecule has 0 fully saturated rings. The Hall–Kier alpha value is -3.16. The molecule has 0 aliphatic rings. The van der Waals surface area contributed by atoms with Crippen LogP contribution in [0.25, 0.3) is 6.08 Å². The summed E-state index contributed by atoms with van der Waals surface area (Å²) in [7, 11) is 4.35. The van der Waals surface area contributed by atoms with E-state index in [0.717, 1.165) is 6.08 Å². The van der Waals surface area contributed by atoms with Gasteiger partial charge in [-0.05, 0) is 23.8 Å². The first-order valence-electron chi connectivity index (χ1n) is 7.33. The molecule has 8 heteroatoms. The van der Waals surface area contributed by atoms with Gasteiger partial charge in [-0.15, -0.1) is 0 Å². The molecular weight excluding hydrogens is 351 g/mol. The minimum atomic E-state index is -1.34. The average Bonchev–Trinajstić information content (AvgIpc) is 2.63. The molecule has 5 nitrogen and oxygen atoms in total. The van der Waals surface area contributed by atoms with Crippen molar-refractivity contribution in [2.45, 2.75) is 0 Å². The second kappa shape index (κ2) is 8.28. The van der Waals surface area contributed by atoms with Crippen LogP contribution >= 0.6 is 0 Å². The number of hydrogen-bond acceptors (Lipinski definition) is 4. The van der Waals surface area contributed by atoms with E-state index >= 15 is 0 Å². The van der Waals surface area contributed by atoms with Crippen LogP contribution in [0.15, 0.2) is 30.3 Å². The molecule has 0 saturated carbocycles. The van der Waals surface area contributed by atoms with Crippen LogP contribution in [0.2, 0.25) is 0 Å². The third-order valence-electron chi connectivity index (χ3n) is 3.38. The summed E-state index contributed by atoms with van der Waals surface area (Å²) < 4.78 is 55.2. The van der Waals surface area contributed by atoms with Gasteiger partial charge in [0.1, 0.15) is 5.82 Å². The summed E-state index contributed by atoms with van der Waals surface area (Å²) in [4.78, 5) is 11.9. The highest BCUT2D eigenvalue weighted by molar-refractivity contribution is 6.02. The highest BCUT2D eigenvalue weighted by Gasteiger charge is 2.13. The first-order chi connectivity index (χ1) is 12.4. The van der Waals surface area contributed by atoms with E-state index in [0.29, 0.717) is 34.9 Å². The molecule has 0 radical (unpaired) electrons. The fraction of sp³-hybridized carbons (Fsp3) is 0.167. The van der Waals surface area contributed by atoms with E-state index in [4.69, 9.17) is 14.2 Å². The van der Waals surface area contributed by atoms with Crippen molar-refractivity contribution in [3.63, 3.8) is 0 Å². The Labute approximate surface area is 148 Å². The van der Waals surface area contributed by atoms with Crippen molar-refractivity contribution >= 4 is 17.7 Å². The Kier molecular flexibility index (Phi) is 6.11. The van der Waals surface area contributed by atoms with Crippen LogP contribution in [-0.2, 0) is 4.79 Å². The Balaban J connectivity index is 2.21. The molecule has 0 aliphatic heterocycles. The van der Waals surface area contributed by atoms with Gasteiger partial charge >= 0.3 is 0 Å². The number of carbonyl (C=O) groups excluding carboxylic acids is 1. The monoisotopic (exact) mass is 367 g/mol. The van der Waals surface area contributed by atoms with E-state index in [1.807, 2.05) is 0 Å². The normalized spacial score (nSPS) is 10.7. The summed E-state index contributed by atoms with van der Waals surface area (Å²) in [6.07, 6.45) is 2.51. The van der Waals surface area contributed by atoms with Crippen LogP contribution in [0.4, 0.5) is 18.9 Å². The van der Waals surface area contributed by atoms with Crippen LogP contribution in [-0.4, -0.2) is 27.2 Å². The quantitative estimate of drug-likeness (QED) is 0.624. The predicted molar refractivity (Wildman–Crippen MR) is 90.1 cm³/mol. The zero-order chi connectivity index (χ0) is 19.3. The zero-order valence-electron chi connectivity index (χ0n) is 14.2. The lowest BCUT2D eigenvalue weighted by atomic mass is 10.1. The number of amides is 1.